The van der Waals surface area contributed by atoms with Crippen LogP contribution in [0.2, 0.25) is 0 Å². The Kier molecular flexibility index (Phi) is 69.8. The summed E-state index contributed by atoms with van der Waals surface area (Å²) in [5.41, 5.74) is 0. The highest BCUT2D eigenvalue weighted by atomic mass is 31.2. The van der Waals surface area contributed by atoms with Gasteiger partial charge in [-0.1, -0.05) is 365 Å². The minimum atomic E-state index is -4.62. The van der Waals surface area contributed by atoms with Gasteiger partial charge in [-0.15, -0.1) is 0 Å². The van der Waals surface area contributed by atoms with Gasteiger partial charge in [0.05, 0.1) is 39.9 Å². The number of rotatable bonds is 70. The van der Waals surface area contributed by atoms with E-state index in [0.29, 0.717) is 17.4 Å². The van der Waals surface area contributed by atoms with Gasteiger partial charge in [0.25, 0.3) is 7.82 Å². The first-order chi connectivity index (χ1) is 45.5. The number of quaternary nitrogens is 1. The lowest BCUT2D eigenvalue weighted by atomic mass is 10.0. The van der Waals surface area contributed by atoms with Crippen molar-refractivity contribution in [3.05, 3.63) is 146 Å². The lowest BCUT2D eigenvalue weighted by molar-refractivity contribution is -0.870. The van der Waals surface area contributed by atoms with Crippen molar-refractivity contribution < 1.29 is 32.9 Å². The third-order valence-corrected chi connectivity index (χ3v) is 17.8. The van der Waals surface area contributed by atoms with E-state index in [4.69, 9.17) is 9.05 Å². The molecule has 0 aliphatic carbocycles. The molecule has 3 unspecified atom stereocenters. The number of aliphatic hydroxyl groups is 1. The number of amides is 1. The SMILES string of the molecule is CC/C=C\C/C=C\C/C=C\C/C=C\C/C=C\C/C=C\C/C=C\C/C=C\C/C=C\C/C=C\C/C=C\CCCCCCCCCC(=O)NC(COP(=O)([O-])OCC[N+](C)(C)C)C(O)/C=C/CCCCCCCCCCCCCCCCCCCCCCCCCCCCCC. The molecule has 2 N–H and O–H groups in total. The smallest absolute Gasteiger partial charge is 0.268 e. The zero-order valence-corrected chi connectivity index (χ0v) is 62.1. The van der Waals surface area contributed by atoms with E-state index >= 15 is 0 Å². The van der Waals surface area contributed by atoms with Crippen LogP contribution < -0.4 is 10.2 Å². The summed E-state index contributed by atoms with van der Waals surface area (Å²) in [4.78, 5) is 25.7. The fourth-order valence-corrected chi connectivity index (χ4v) is 11.6. The van der Waals surface area contributed by atoms with E-state index in [2.05, 4.69) is 153 Å². The largest absolute Gasteiger partial charge is 0.756 e. The average molecular weight is 1310 g/mol. The van der Waals surface area contributed by atoms with Crippen molar-refractivity contribution in [1.82, 2.24) is 5.32 Å². The van der Waals surface area contributed by atoms with E-state index in [0.717, 1.165) is 122 Å². The highest BCUT2D eigenvalue weighted by Crippen LogP contribution is 2.38. The molecule has 0 bridgehead atoms. The summed E-state index contributed by atoms with van der Waals surface area (Å²) in [7, 11) is 1.24. The van der Waals surface area contributed by atoms with Crippen molar-refractivity contribution >= 4 is 13.7 Å². The van der Waals surface area contributed by atoms with Crippen LogP contribution in [0.3, 0.4) is 0 Å². The molecule has 0 fully saturated rings. The maximum Gasteiger partial charge on any atom is 0.268 e. The molecule has 0 rings (SSSR count). The molecule has 1 amide bonds. The molecule has 0 spiro atoms. The van der Waals surface area contributed by atoms with Crippen molar-refractivity contribution in [1.29, 1.82) is 0 Å². The van der Waals surface area contributed by atoms with Gasteiger partial charge < -0.3 is 28.8 Å². The van der Waals surface area contributed by atoms with Gasteiger partial charge in [0, 0.05) is 6.42 Å². The first-order valence-corrected chi connectivity index (χ1v) is 40.2. The Balaban J connectivity index is 4.12. The van der Waals surface area contributed by atoms with Crippen LogP contribution in [0.15, 0.2) is 146 Å². The average Bonchev–Trinajstić information content (AvgIpc) is 2.75. The summed E-state index contributed by atoms with van der Waals surface area (Å²) in [6.45, 7) is 4.55. The molecular formula is C84H147N2O6P. The highest BCUT2D eigenvalue weighted by Gasteiger charge is 2.23. The molecule has 534 valence electrons. The van der Waals surface area contributed by atoms with Gasteiger partial charge in [-0.05, 0) is 103 Å². The molecule has 9 heteroatoms. The van der Waals surface area contributed by atoms with Crippen molar-refractivity contribution in [3.8, 4) is 0 Å². The molecule has 0 aliphatic rings. The first kappa shape index (κ1) is 89.4. The fourth-order valence-electron chi connectivity index (χ4n) is 10.9. The van der Waals surface area contributed by atoms with Crippen LogP contribution in [-0.2, 0) is 18.4 Å². The molecule has 0 radical (unpaired) electrons. The topological polar surface area (TPSA) is 108 Å². The highest BCUT2D eigenvalue weighted by molar-refractivity contribution is 7.45. The van der Waals surface area contributed by atoms with Gasteiger partial charge in [0.1, 0.15) is 13.2 Å². The number of hydrogen-bond acceptors (Lipinski definition) is 6. The lowest BCUT2D eigenvalue weighted by Crippen LogP contribution is -2.45. The number of hydrogen-bond donors (Lipinski definition) is 2. The Morgan fingerprint density at radius 3 is 0.957 bits per heavy atom. The number of carbonyl (C=O) groups excluding carboxylic acids is 1. The minimum Gasteiger partial charge on any atom is -0.756 e. The van der Waals surface area contributed by atoms with Gasteiger partial charge in [-0.2, -0.15) is 0 Å². The Hall–Kier alpha value is -3.62. The molecular weight excluding hydrogens is 1160 g/mol. The second-order valence-electron chi connectivity index (χ2n) is 27.0. The van der Waals surface area contributed by atoms with Crippen LogP contribution in [0.1, 0.15) is 328 Å². The maximum atomic E-state index is 13.1. The van der Waals surface area contributed by atoms with E-state index in [-0.39, 0.29) is 12.5 Å². The number of likely N-dealkylation sites (N-methyl/N-ethyl adjacent to an activating group) is 1. The maximum absolute atomic E-state index is 13.1. The van der Waals surface area contributed by atoms with E-state index in [9.17, 15) is 19.4 Å². The monoisotopic (exact) mass is 1310 g/mol. The summed E-state index contributed by atoms with van der Waals surface area (Å²) in [6, 6.07) is -0.905. The summed E-state index contributed by atoms with van der Waals surface area (Å²) >= 11 is 0. The third-order valence-electron chi connectivity index (χ3n) is 16.8. The summed E-state index contributed by atoms with van der Waals surface area (Å²) in [5, 5.41) is 14.0. The Bertz CT molecular complexity index is 2030. The van der Waals surface area contributed by atoms with Crippen molar-refractivity contribution in [2.45, 2.75) is 341 Å². The van der Waals surface area contributed by atoms with E-state index < -0.39 is 26.6 Å². The molecule has 8 nitrogen and oxygen atoms in total. The first-order valence-electron chi connectivity index (χ1n) is 38.7. The molecule has 0 aliphatic heterocycles. The number of nitrogens with zero attached hydrogens (tertiary/aromatic N) is 1. The van der Waals surface area contributed by atoms with Crippen LogP contribution >= 0.6 is 7.82 Å². The normalized spacial score (nSPS) is 14.4. The second-order valence-corrected chi connectivity index (χ2v) is 28.4. The number of nitrogens with one attached hydrogen (secondary N) is 1. The van der Waals surface area contributed by atoms with Gasteiger partial charge in [0.15, 0.2) is 0 Å². The van der Waals surface area contributed by atoms with Gasteiger partial charge in [-0.3, -0.25) is 9.36 Å². The van der Waals surface area contributed by atoms with Crippen LogP contribution in [0.5, 0.6) is 0 Å². The standard InChI is InChI=1S/C84H147N2O6P/c1-6-8-10-12-14-16-18-20-22-24-26-28-30-32-34-36-38-39-40-41-42-43-44-45-46-47-48-50-52-54-56-58-60-62-64-66-68-70-72-74-76-78-84(88)85-82(81-92-93(89,90)91-80-79-86(3,4)5)83(87)77-75-73-71-69-67-65-63-61-59-57-55-53-51-49-37-35-33-31-29-27-25-23-21-19-17-15-13-11-9-7-2/h8,10,14,16,20,22,26,28,32,34,38-39,41-42,44-45,47-48,52,54,58,60,75,77,82-83,87H,6-7,9,11-13,15,17-19,21,23-25,27,29-31,33,35-37,40,43,46,49-51,53,55-57,59,61-74,76,78-81H2,1-5H3,(H-,85,88,89,90)/b10-8-,16-14-,22-20-,28-26-,34-32-,39-38-,42-41-,45-44-,48-47-,54-52-,60-58-,77-75+. The molecule has 0 aromatic rings. The molecule has 0 heterocycles. The van der Waals surface area contributed by atoms with Gasteiger partial charge in [-0.25, -0.2) is 0 Å². The number of allylic oxidation sites excluding steroid dienone is 23. The van der Waals surface area contributed by atoms with Crippen LogP contribution in [0.25, 0.3) is 0 Å². The molecule has 0 aromatic heterocycles. The molecule has 0 saturated carbocycles. The predicted molar refractivity (Wildman–Crippen MR) is 408 cm³/mol. The number of carbonyl (C=O) groups is 1. The third kappa shape index (κ3) is 75.6. The van der Waals surface area contributed by atoms with Crippen molar-refractivity contribution in [3.63, 3.8) is 0 Å². The zero-order valence-electron chi connectivity index (χ0n) is 61.2. The lowest BCUT2D eigenvalue weighted by Gasteiger charge is -2.29. The molecule has 3 atom stereocenters. The molecule has 0 aromatic carbocycles. The quantitative estimate of drug-likeness (QED) is 0.0272. The number of aliphatic hydroxyl groups excluding tert-OH is 1. The number of phosphoric acid groups is 1. The number of phosphoric ester groups is 1. The molecule has 93 heavy (non-hydrogen) atoms. The second kappa shape index (κ2) is 72.6. The van der Waals surface area contributed by atoms with Crippen molar-refractivity contribution in [2.75, 3.05) is 40.9 Å². The van der Waals surface area contributed by atoms with Crippen molar-refractivity contribution in [2.24, 2.45) is 0 Å². The van der Waals surface area contributed by atoms with E-state index in [1.54, 1.807) is 6.08 Å². The fraction of sp³-hybridized carbons (Fsp3) is 0.702. The van der Waals surface area contributed by atoms with Crippen LogP contribution in [0.4, 0.5) is 0 Å². The zero-order chi connectivity index (χ0) is 67.6. The molecule has 0 saturated heterocycles. The summed E-state index contributed by atoms with van der Waals surface area (Å²) in [5.74, 6) is -0.210. The van der Waals surface area contributed by atoms with Gasteiger partial charge >= 0.3 is 0 Å². The van der Waals surface area contributed by atoms with Crippen LogP contribution in [-0.4, -0.2) is 68.5 Å². The summed E-state index contributed by atoms with van der Waals surface area (Å²) in [6.07, 6.45) is 111. The minimum absolute atomic E-state index is 0.00970. The van der Waals surface area contributed by atoms with Crippen LogP contribution in [0, 0.1) is 0 Å². The Morgan fingerprint density at radius 1 is 0.387 bits per heavy atom. The van der Waals surface area contributed by atoms with Gasteiger partial charge in [0.2, 0.25) is 5.91 Å². The Labute approximate surface area is 576 Å². The Morgan fingerprint density at radius 2 is 0.656 bits per heavy atom. The van der Waals surface area contributed by atoms with E-state index in [1.807, 2.05) is 27.2 Å². The number of unbranched alkanes of at least 4 members (excludes halogenated alkanes) is 35. The predicted octanol–water partition coefficient (Wildman–Crippen LogP) is 24.9. The van der Waals surface area contributed by atoms with E-state index in [1.165, 1.54) is 186 Å². The summed E-state index contributed by atoms with van der Waals surface area (Å²) < 4.78 is 23.5.